The molecule has 0 aromatic carbocycles. The first-order valence-electron chi connectivity index (χ1n) is 3.10. The van der Waals surface area contributed by atoms with Gasteiger partial charge >= 0.3 is 0 Å². The molecule has 0 aliphatic carbocycles. The predicted octanol–water partition coefficient (Wildman–Crippen LogP) is -0.363. The van der Waals surface area contributed by atoms with Gasteiger partial charge in [-0.2, -0.15) is 0 Å². The Kier molecular flexibility index (Phi) is 3.77. The summed E-state index contributed by atoms with van der Waals surface area (Å²) < 4.78 is 0. The van der Waals surface area contributed by atoms with Gasteiger partial charge < -0.3 is 10.2 Å². The van der Waals surface area contributed by atoms with Gasteiger partial charge in [-0.25, -0.2) is 0 Å². The van der Waals surface area contributed by atoms with Crippen LogP contribution in [-0.4, -0.2) is 41.0 Å². The minimum atomic E-state index is -0.473. The maximum atomic E-state index is 8.88. The van der Waals surface area contributed by atoms with Crippen molar-refractivity contribution in [3.63, 3.8) is 0 Å². The number of rotatable bonds is 3. The fourth-order valence-corrected chi connectivity index (χ4v) is 0.569. The third-order valence-corrected chi connectivity index (χ3v) is 1.19. The van der Waals surface area contributed by atoms with Crippen LogP contribution in [0.2, 0.25) is 0 Å². The van der Waals surface area contributed by atoms with Crippen LogP contribution in [0.1, 0.15) is 13.8 Å². The summed E-state index contributed by atoms with van der Waals surface area (Å²) in [7, 11) is 1.76. The smallest absolute Gasteiger partial charge is 0.104 e. The van der Waals surface area contributed by atoms with Gasteiger partial charge in [0.25, 0.3) is 0 Å². The van der Waals surface area contributed by atoms with E-state index >= 15 is 0 Å². The topological polar surface area (TPSA) is 43.7 Å². The normalized spacial score (nSPS) is 18.0. The van der Waals surface area contributed by atoms with Crippen LogP contribution in [0.3, 0.4) is 0 Å². The largest absolute Gasteiger partial charge is 0.392 e. The van der Waals surface area contributed by atoms with Gasteiger partial charge in [-0.05, 0) is 20.9 Å². The molecule has 0 heterocycles. The van der Waals surface area contributed by atoms with Gasteiger partial charge in [-0.15, -0.1) is 0 Å². The van der Waals surface area contributed by atoms with Gasteiger partial charge in [0, 0.05) is 6.54 Å². The minimum absolute atomic E-state index is 0.371. The zero-order valence-electron chi connectivity index (χ0n) is 6.20. The maximum absolute atomic E-state index is 8.88. The lowest BCUT2D eigenvalue weighted by molar-refractivity contribution is 0.0109. The molecule has 2 unspecified atom stereocenters. The summed E-state index contributed by atoms with van der Waals surface area (Å²) in [5, 5.41) is 17.7. The van der Waals surface area contributed by atoms with Gasteiger partial charge in [-0.3, -0.25) is 4.90 Å². The molecule has 9 heavy (non-hydrogen) atoms. The van der Waals surface area contributed by atoms with Gasteiger partial charge in [0.2, 0.25) is 0 Å². The zero-order chi connectivity index (χ0) is 7.44. The Morgan fingerprint density at radius 3 is 1.89 bits per heavy atom. The predicted molar refractivity (Wildman–Crippen MR) is 36.0 cm³/mol. The molecule has 2 atom stereocenters. The first kappa shape index (κ1) is 8.88. The molecule has 2 N–H and O–H groups in total. The maximum Gasteiger partial charge on any atom is 0.104 e. The average molecular weight is 133 g/mol. The lowest BCUT2D eigenvalue weighted by Gasteiger charge is -2.20. The van der Waals surface area contributed by atoms with Gasteiger partial charge in [0.1, 0.15) is 6.23 Å². The third kappa shape index (κ3) is 4.39. The fraction of sp³-hybridized carbons (Fsp3) is 1.00. The van der Waals surface area contributed by atoms with Crippen LogP contribution >= 0.6 is 0 Å². The molecule has 0 fully saturated rings. The molecule has 0 saturated carbocycles. The third-order valence-electron chi connectivity index (χ3n) is 1.19. The van der Waals surface area contributed by atoms with Crippen LogP contribution in [-0.2, 0) is 0 Å². The molecule has 0 aliphatic rings. The quantitative estimate of drug-likeness (QED) is 0.517. The number of aliphatic hydroxyl groups is 2. The number of nitrogens with zero attached hydrogens (tertiary/aromatic N) is 1. The molecule has 0 aliphatic heterocycles. The summed E-state index contributed by atoms with van der Waals surface area (Å²) in [4.78, 5) is 1.67. The van der Waals surface area contributed by atoms with E-state index in [9.17, 15) is 0 Å². The summed E-state index contributed by atoms with van der Waals surface area (Å²) in [5.41, 5.74) is 0. The van der Waals surface area contributed by atoms with E-state index in [4.69, 9.17) is 10.2 Å². The Balaban J connectivity index is 3.38. The van der Waals surface area contributed by atoms with Crippen molar-refractivity contribution >= 4 is 0 Å². The van der Waals surface area contributed by atoms with Crippen molar-refractivity contribution in [1.29, 1.82) is 0 Å². The summed E-state index contributed by atoms with van der Waals surface area (Å²) in [6.07, 6.45) is -0.843. The zero-order valence-corrected chi connectivity index (χ0v) is 6.20. The van der Waals surface area contributed by atoms with Crippen molar-refractivity contribution in [2.45, 2.75) is 26.2 Å². The summed E-state index contributed by atoms with van der Waals surface area (Å²) in [6, 6.07) is 0. The van der Waals surface area contributed by atoms with E-state index in [0.717, 1.165) is 0 Å². The molecule has 3 heteroatoms. The Hall–Kier alpha value is -0.120. The van der Waals surface area contributed by atoms with Crippen LogP contribution in [0, 0.1) is 0 Å². The summed E-state index contributed by atoms with van der Waals surface area (Å²) >= 11 is 0. The molecule has 0 amide bonds. The van der Waals surface area contributed by atoms with Crippen molar-refractivity contribution in [1.82, 2.24) is 4.90 Å². The van der Waals surface area contributed by atoms with Crippen molar-refractivity contribution in [2.75, 3.05) is 13.6 Å². The molecule has 0 rings (SSSR count). The second-order valence-electron chi connectivity index (χ2n) is 2.42. The standard InChI is InChI=1S/C6H15NO2/c1-5(8)4-7(3)6(2)9/h5-6,8-9H,4H2,1-3H3. The molecule has 0 saturated heterocycles. The highest BCUT2D eigenvalue weighted by Gasteiger charge is 2.06. The molecule has 3 nitrogen and oxygen atoms in total. The van der Waals surface area contributed by atoms with Gasteiger partial charge in [0.05, 0.1) is 6.10 Å². The Morgan fingerprint density at radius 2 is 1.78 bits per heavy atom. The molecule has 0 spiro atoms. The van der Waals surface area contributed by atoms with Crippen LogP contribution in [0.15, 0.2) is 0 Å². The highest BCUT2D eigenvalue weighted by molar-refractivity contribution is 4.55. The van der Waals surface area contributed by atoms with E-state index < -0.39 is 6.23 Å². The molecule has 0 bridgehead atoms. The SMILES string of the molecule is CC(O)CN(C)C(C)O. The summed E-state index contributed by atoms with van der Waals surface area (Å²) in [5.74, 6) is 0. The fourth-order valence-electron chi connectivity index (χ4n) is 0.569. The second-order valence-corrected chi connectivity index (χ2v) is 2.42. The van der Waals surface area contributed by atoms with E-state index in [-0.39, 0.29) is 6.10 Å². The van der Waals surface area contributed by atoms with Gasteiger partial charge in [-0.1, -0.05) is 0 Å². The highest BCUT2D eigenvalue weighted by Crippen LogP contribution is 1.91. The molecule has 0 aromatic heterocycles. The van der Waals surface area contributed by atoms with Crippen LogP contribution in [0.25, 0.3) is 0 Å². The molecular weight excluding hydrogens is 118 g/mol. The monoisotopic (exact) mass is 133 g/mol. The van der Waals surface area contributed by atoms with Gasteiger partial charge in [0.15, 0.2) is 0 Å². The van der Waals surface area contributed by atoms with E-state index in [1.54, 1.807) is 25.8 Å². The first-order chi connectivity index (χ1) is 4.04. The van der Waals surface area contributed by atoms with Crippen molar-refractivity contribution < 1.29 is 10.2 Å². The van der Waals surface area contributed by atoms with Crippen LogP contribution < -0.4 is 0 Å². The van der Waals surface area contributed by atoms with Crippen molar-refractivity contribution in [3.05, 3.63) is 0 Å². The molecule has 0 radical (unpaired) electrons. The minimum Gasteiger partial charge on any atom is -0.392 e. The van der Waals surface area contributed by atoms with E-state index in [0.29, 0.717) is 6.54 Å². The number of aliphatic hydroxyl groups excluding tert-OH is 2. The van der Waals surface area contributed by atoms with Crippen molar-refractivity contribution in [2.24, 2.45) is 0 Å². The summed E-state index contributed by atoms with van der Waals surface area (Å²) in [6.45, 7) is 3.87. The Labute approximate surface area is 55.9 Å². The Morgan fingerprint density at radius 1 is 1.33 bits per heavy atom. The van der Waals surface area contributed by atoms with E-state index in [1.165, 1.54) is 0 Å². The van der Waals surface area contributed by atoms with Crippen LogP contribution in [0.4, 0.5) is 0 Å². The van der Waals surface area contributed by atoms with Crippen LogP contribution in [0.5, 0.6) is 0 Å². The number of likely N-dealkylation sites (N-methyl/N-ethyl adjacent to an activating group) is 1. The molecule has 0 aromatic rings. The van der Waals surface area contributed by atoms with E-state index in [1.807, 2.05) is 0 Å². The van der Waals surface area contributed by atoms with Crippen molar-refractivity contribution in [3.8, 4) is 0 Å². The number of hydrogen-bond acceptors (Lipinski definition) is 3. The lowest BCUT2D eigenvalue weighted by atomic mass is 10.4. The molecular formula is C6H15NO2. The second kappa shape index (κ2) is 3.82. The lowest BCUT2D eigenvalue weighted by Crippen LogP contribution is -2.34. The average Bonchev–Trinajstić information content (AvgIpc) is 1.63. The number of hydrogen-bond donors (Lipinski definition) is 2. The Bertz CT molecular complexity index is 73.5. The highest BCUT2D eigenvalue weighted by atomic mass is 16.3. The first-order valence-corrected chi connectivity index (χ1v) is 3.10. The molecule has 56 valence electrons. The van der Waals surface area contributed by atoms with E-state index in [2.05, 4.69) is 0 Å².